The Morgan fingerprint density at radius 3 is 2.71 bits per heavy atom. The highest BCUT2D eigenvalue weighted by Crippen LogP contribution is 2.40. The van der Waals surface area contributed by atoms with Crippen molar-refractivity contribution in [3.63, 3.8) is 0 Å². The Morgan fingerprint density at radius 1 is 1.14 bits per heavy atom. The monoisotopic (exact) mass is 503 g/mol. The van der Waals surface area contributed by atoms with E-state index in [4.69, 9.17) is 4.98 Å². The molecule has 5 nitrogen and oxygen atoms in total. The Balaban J connectivity index is 1.46. The number of fused-ring (bicyclic) bond motifs is 1. The van der Waals surface area contributed by atoms with E-state index in [-0.39, 0.29) is 23.8 Å². The van der Waals surface area contributed by atoms with Crippen LogP contribution in [0.25, 0.3) is 21.3 Å². The molecule has 3 atom stereocenters. The van der Waals surface area contributed by atoms with Gasteiger partial charge in [0.05, 0.1) is 16.3 Å². The molecule has 35 heavy (non-hydrogen) atoms. The van der Waals surface area contributed by atoms with Crippen molar-refractivity contribution >= 4 is 44.7 Å². The van der Waals surface area contributed by atoms with Gasteiger partial charge in [0.1, 0.15) is 11.0 Å². The van der Waals surface area contributed by atoms with Gasteiger partial charge in [-0.2, -0.15) is 11.3 Å². The number of carbonyl (C=O) groups excluding carboxylic acids is 2. The number of nitrogens with zero attached hydrogens (tertiary/aromatic N) is 2. The van der Waals surface area contributed by atoms with Crippen LogP contribution in [0.4, 0.5) is 0 Å². The van der Waals surface area contributed by atoms with E-state index in [9.17, 15) is 9.59 Å². The Labute approximate surface area is 213 Å². The van der Waals surface area contributed by atoms with E-state index < -0.39 is 6.04 Å². The molecule has 5 rings (SSSR count). The first kappa shape index (κ1) is 23.7. The summed E-state index contributed by atoms with van der Waals surface area (Å²) in [5, 5.41) is 7.90. The van der Waals surface area contributed by atoms with E-state index in [2.05, 4.69) is 35.6 Å². The summed E-state index contributed by atoms with van der Waals surface area (Å²) < 4.78 is 1.13. The van der Waals surface area contributed by atoms with Gasteiger partial charge in [-0.3, -0.25) is 9.59 Å². The molecule has 2 aromatic carbocycles. The molecule has 0 unspecified atom stereocenters. The number of rotatable bonds is 7. The lowest BCUT2D eigenvalue weighted by molar-refractivity contribution is -0.138. The number of thiazole rings is 1. The predicted octanol–water partition coefficient (Wildman–Crippen LogP) is 6.59. The molecule has 3 heterocycles. The molecule has 1 fully saturated rings. The van der Waals surface area contributed by atoms with Gasteiger partial charge in [-0.1, -0.05) is 56.3 Å². The largest absolute Gasteiger partial charge is 0.340 e. The molecular formula is C28H29N3O2S2. The first-order valence-electron chi connectivity index (χ1n) is 12.1. The number of para-hydroxylation sites is 1. The van der Waals surface area contributed by atoms with Gasteiger partial charge in [-0.15, -0.1) is 11.3 Å². The zero-order valence-corrected chi connectivity index (χ0v) is 21.6. The standard InChI is InChI=1S/C28H29N3O2S2/c1-3-18(2)26(32)29-24(20-14-16-34-17-20)28(33)31-15-8-12-22(31)27-30-25-21(11-7-13-23(25)35-27)19-9-5-4-6-10-19/h4-7,9-11,13-14,16-18,22,24H,3,8,12,15H2,1-2H3,(H,29,32)/t18-,22+,24+/m1/s1. The third-order valence-electron chi connectivity index (χ3n) is 6.81. The summed E-state index contributed by atoms with van der Waals surface area (Å²) in [6.45, 7) is 4.55. The summed E-state index contributed by atoms with van der Waals surface area (Å²) >= 11 is 3.20. The number of aromatic nitrogens is 1. The SMILES string of the molecule is CC[C@@H](C)C(=O)N[C@H](C(=O)N1CCC[C@H]1c1nc2c(-c3ccccc3)cccc2s1)c1ccsc1. The second-order valence-corrected chi connectivity index (χ2v) is 10.9. The third-order valence-corrected chi connectivity index (χ3v) is 8.63. The zero-order valence-electron chi connectivity index (χ0n) is 19.9. The summed E-state index contributed by atoms with van der Waals surface area (Å²) in [7, 11) is 0. The van der Waals surface area contributed by atoms with Crippen molar-refractivity contribution in [3.8, 4) is 11.1 Å². The van der Waals surface area contributed by atoms with Crippen LogP contribution in [0.2, 0.25) is 0 Å². The van der Waals surface area contributed by atoms with Crippen molar-refractivity contribution in [2.45, 2.75) is 45.2 Å². The average Bonchev–Trinajstić information content (AvgIpc) is 3.66. The maximum Gasteiger partial charge on any atom is 0.250 e. The zero-order chi connectivity index (χ0) is 24.4. The fraction of sp³-hybridized carbons (Fsp3) is 0.321. The highest BCUT2D eigenvalue weighted by molar-refractivity contribution is 7.18. The number of benzene rings is 2. The average molecular weight is 504 g/mol. The molecule has 1 aliphatic heterocycles. The summed E-state index contributed by atoms with van der Waals surface area (Å²) in [6.07, 6.45) is 2.54. The number of thiophene rings is 1. The Kier molecular flexibility index (Phi) is 6.97. The topological polar surface area (TPSA) is 62.3 Å². The second-order valence-electron chi connectivity index (χ2n) is 9.07. The van der Waals surface area contributed by atoms with E-state index in [0.717, 1.165) is 51.2 Å². The van der Waals surface area contributed by atoms with Gasteiger partial charge in [-0.25, -0.2) is 4.98 Å². The fourth-order valence-electron chi connectivity index (χ4n) is 4.61. The number of hydrogen-bond donors (Lipinski definition) is 1. The van der Waals surface area contributed by atoms with Gasteiger partial charge in [0, 0.05) is 18.0 Å². The number of likely N-dealkylation sites (tertiary alicyclic amines) is 1. The molecule has 1 aliphatic rings. The molecule has 1 saturated heterocycles. The number of amides is 2. The predicted molar refractivity (Wildman–Crippen MR) is 143 cm³/mol. The fourth-order valence-corrected chi connectivity index (χ4v) is 6.44. The summed E-state index contributed by atoms with van der Waals surface area (Å²) in [5.41, 5.74) is 4.08. The molecule has 0 radical (unpaired) electrons. The molecule has 180 valence electrons. The summed E-state index contributed by atoms with van der Waals surface area (Å²) in [6, 6.07) is 17.8. The molecule has 0 aliphatic carbocycles. The van der Waals surface area contributed by atoms with Crippen molar-refractivity contribution in [3.05, 3.63) is 75.9 Å². The van der Waals surface area contributed by atoms with Crippen molar-refractivity contribution in [1.29, 1.82) is 0 Å². The molecule has 1 N–H and O–H groups in total. The van der Waals surface area contributed by atoms with Crippen molar-refractivity contribution in [2.75, 3.05) is 6.54 Å². The van der Waals surface area contributed by atoms with Gasteiger partial charge in [0.15, 0.2) is 0 Å². The maximum atomic E-state index is 13.9. The van der Waals surface area contributed by atoms with Gasteiger partial charge < -0.3 is 10.2 Å². The third kappa shape index (κ3) is 4.75. The number of nitrogens with one attached hydrogen (secondary N) is 1. The van der Waals surface area contributed by atoms with Crippen LogP contribution in [-0.4, -0.2) is 28.2 Å². The maximum absolute atomic E-state index is 13.9. The van der Waals surface area contributed by atoms with Crippen LogP contribution in [0.3, 0.4) is 0 Å². The second kappa shape index (κ2) is 10.3. The summed E-state index contributed by atoms with van der Waals surface area (Å²) in [5.74, 6) is -0.274. The molecule has 0 saturated carbocycles. The van der Waals surface area contributed by atoms with E-state index in [1.807, 2.05) is 53.8 Å². The molecule has 2 amide bonds. The molecule has 2 aromatic heterocycles. The van der Waals surface area contributed by atoms with E-state index in [0.29, 0.717) is 6.54 Å². The van der Waals surface area contributed by atoms with Crippen LogP contribution in [0, 0.1) is 5.92 Å². The van der Waals surface area contributed by atoms with Crippen LogP contribution < -0.4 is 5.32 Å². The lowest BCUT2D eigenvalue weighted by Gasteiger charge is -2.28. The van der Waals surface area contributed by atoms with E-state index >= 15 is 0 Å². The molecule has 7 heteroatoms. The lowest BCUT2D eigenvalue weighted by Crippen LogP contribution is -2.43. The molecule has 0 spiro atoms. The molecule has 0 bridgehead atoms. The Bertz CT molecular complexity index is 1320. The first-order valence-corrected chi connectivity index (χ1v) is 13.9. The van der Waals surface area contributed by atoms with Gasteiger partial charge in [0.2, 0.25) is 11.8 Å². The summed E-state index contributed by atoms with van der Waals surface area (Å²) in [4.78, 5) is 33.6. The minimum Gasteiger partial charge on any atom is -0.340 e. The highest BCUT2D eigenvalue weighted by atomic mass is 32.1. The van der Waals surface area contributed by atoms with Gasteiger partial charge >= 0.3 is 0 Å². The first-order chi connectivity index (χ1) is 17.1. The molecular weight excluding hydrogens is 474 g/mol. The smallest absolute Gasteiger partial charge is 0.250 e. The van der Waals surface area contributed by atoms with Crippen LogP contribution >= 0.6 is 22.7 Å². The normalized spacial score (nSPS) is 17.4. The number of carbonyl (C=O) groups is 2. The van der Waals surface area contributed by atoms with E-state index in [1.54, 1.807) is 11.3 Å². The lowest BCUT2D eigenvalue weighted by atomic mass is 10.0. The van der Waals surface area contributed by atoms with E-state index in [1.165, 1.54) is 11.3 Å². The van der Waals surface area contributed by atoms with Crippen LogP contribution in [0.1, 0.15) is 55.8 Å². The number of hydrogen-bond acceptors (Lipinski definition) is 5. The van der Waals surface area contributed by atoms with Gasteiger partial charge in [-0.05, 0) is 53.3 Å². The van der Waals surface area contributed by atoms with Crippen molar-refractivity contribution in [1.82, 2.24) is 15.2 Å². The minimum atomic E-state index is -0.669. The van der Waals surface area contributed by atoms with Crippen LogP contribution in [0.5, 0.6) is 0 Å². The highest BCUT2D eigenvalue weighted by Gasteiger charge is 2.37. The Hall–Kier alpha value is -3.03. The quantitative estimate of drug-likeness (QED) is 0.309. The van der Waals surface area contributed by atoms with Crippen molar-refractivity contribution < 1.29 is 9.59 Å². The van der Waals surface area contributed by atoms with Crippen LogP contribution in [-0.2, 0) is 9.59 Å². The van der Waals surface area contributed by atoms with Crippen molar-refractivity contribution in [2.24, 2.45) is 5.92 Å². The Morgan fingerprint density at radius 2 is 1.97 bits per heavy atom. The molecule has 4 aromatic rings. The minimum absolute atomic E-state index is 0.0508. The van der Waals surface area contributed by atoms with Crippen LogP contribution in [0.15, 0.2) is 65.4 Å². The van der Waals surface area contributed by atoms with Gasteiger partial charge in [0.25, 0.3) is 0 Å².